The zero-order chi connectivity index (χ0) is 34.4. The van der Waals surface area contributed by atoms with Crippen LogP contribution in [0.3, 0.4) is 0 Å². The maximum absolute atomic E-state index is 13.5. The number of ketones is 1. The number of unbranched alkanes of at least 4 members (excludes halogenated alkanes) is 2. The molecule has 3 amide bonds. The molecule has 3 aliphatic heterocycles. The van der Waals surface area contributed by atoms with Gasteiger partial charge in [0.25, 0.3) is 5.91 Å². The average Bonchev–Trinajstić information content (AvgIpc) is 3.69. The molecule has 0 saturated carbocycles. The van der Waals surface area contributed by atoms with Crippen LogP contribution in [0.2, 0.25) is 5.02 Å². The van der Waals surface area contributed by atoms with Crippen molar-refractivity contribution in [3.05, 3.63) is 97.4 Å². The topological polar surface area (TPSA) is 127 Å². The molecule has 0 radical (unpaired) electrons. The highest BCUT2D eigenvalue weighted by molar-refractivity contribution is 7.15. The van der Waals surface area contributed by atoms with Gasteiger partial charge in [0, 0.05) is 52.4 Å². The number of halogens is 1. The van der Waals surface area contributed by atoms with Gasteiger partial charge in [-0.05, 0) is 81.3 Å². The predicted octanol–water partition coefficient (Wildman–Crippen LogP) is 6.32. The van der Waals surface area contributed by atoms with Crippen LogP contribution in [-0.2, 0) is 27.3 Å². The first kappa shape index (κ1) is 33.0. The van der Waals surface area contributed by atoms with Gasteiger partial charge in [-0.2, -0.15) is 0 Å². The second kappa shape index (κ2) is 13.4. The number of benzene rings is 2. The third-order valence-corrected chi connectivity index (χ3v) is 11.3. The predicted molar refractivity (Wildman–Crippen MR) is 188 cm³/mol. The van der Waals surface area contributed by atoms with Gasteiger partial charge in [-0.15, -0.1) is 21.5 Å². The van der Waals surface area contributed by atoms with Crippen molar-refractivity contribution in [3.8, 4) is 5.00 Å². The van der Waals surface area contributed by atoms with Crippen molar-refractivity contribution in [3.63, 3.8) is 0 Å². The van der Waals surface area contributed by atoms with E-state index in [-0.39, 0.29) is 30.4 Å². The molecule has 1 saturated heterocycles. The lowest BCUT2D eigenvalue weighted by Gasteiger charge is -2.29. The molecule has 10 nitrogen and oxygen atoms in total. The summed E-state index contributed by atoms with van der Waals surface area (Å²) in [6, 6.07) is 12.3. The number of hydrogen-bond donors (Lipinski definition) is 1. The van der Waals surface area contributed by atoms with Crippen LogP contribution in [0.4, 0.5) is 0 Å². The zero-order valence-electron chi connectivity index (χ0n) is 27.7. The average molecular weight is 697 g/mol. The molecule has 7 rings (SSSR count). The Bertz CT molecular complexity index is 2030. The van der Waals surface area contributed by atoms with E-state index in [1.165, 1.54) is 4.88 Å². The van der Waals surface area contributed by atoms with Gasteiger partial charge in [-0.3, -0.25) is 34.1 Å². The molecule has 12 heteroatoms. The van der Waals surface area contributed by atoms with Crippen LogP contribution < -0.4 is 5.32 Å². The number of rotatable bonds is 10. The fraction of sp³-hybridized carbons (Fsp3) is 0.378. The van der Waals surface area contributed by atoms with E-state index in [9.17, 15) is 19.2 Å². The lowest BCUT2D eigenvalue weighted by atomic mass is 9.97. The first-order chi connectivity index (χ1) is 23.6. The van der Waals surface area contributed by atoms with Gasteiger partial charge in [0.1, 0.15) is 28.7 Å². The maximum atomic E-state index is 13.5. The van der Waals surface area contributed by atoms with E-state index < -0.39 is 18.0 Å². The van der Waals surface area contributed by atoms with E-state index in [4.69, 9.17) is 16.6 Å². The Kier molecular flexibility index (Phi) is 9.06. The highest BCUT2D eigenvalue weighted by Gasteiger charge is 2.39. The number of aromatic nitrogens is 3. The molecular formula is C37H37ClN6O4S. The van der Waals surface area contributed by atoms with Gasteiger partial charge in [-0.1, -0.05) is 42.3 Å². The minimum absolute atomic E-state index is 0.126. The number of aliphatic imine (C=N–C) groups is 1. The Hall–Kier alpha value is -4.48. The van der Waals surface area contributed by atoms with Crippen molar-refractivity contribution < 1.29 is 19.2 Å². The molecule has 0 spiro atoms. The van der Waals surface area contributed by atoms with Gasteiger partial charge in [0.05, 0.1) is 5.71 Å². The standard InChI is InChI=1S/C37H37ClN6O4S/c1-20-21(2)49-37-32(20)33(24-12-14-25(38)15-13-24)39-29(34-42-41-22(3)44(34)37)18-26(45)10-6-4-5-8-23-9-7-11-27-28(23)19-43(36(27)48)30-16-17-31(46)40-35(30)47/h7,9,11-15,29-30H,4-6,8,10,16-19H2,1-3H3,(H,40,46,47)/t29-,30?/m0/s1. The number of carbonyl (C=O) groups excluding carboxylic acids is 4. The highest BCUT2D eigenvalue weighted by Crippen LogP contribution is 2.40. The number of amides is 3. The van der Waals surface area contributed by atoms with Gasteiger partial charge in [-0.25, -0.2) is 0 Å². The highest BCUT2D eigenvalue weighted by atomic mass is 35.5. The molecule has 4 aromatic rings. The van der Waals surface area contributed by atoms with Crippen LogP contribution >= 0.6 is 22.9 Å². The second-order valence-electron chi connectivity index (χ2n) is 13.1. The van der Waals surface area contributed by atoms with Gasteiger partial charge < -0.3 is 4.90 Å². The fourth-order valence-corrected chi connectivity index (χ4v) is 8.49. The largest absolute Gasteiger partial charge is 0.322 e. The van der Waals surface area contributed by atoms with Crippen molar-refractivity contribution in [1.82, 2.24) is 25.0 Å². The quantitative estimate of drug-likeness (QED) is 0.153. The summed E-state index contributed by atoms with van der Waals surface area (Å²) in [5.74, 6) is 0.697. The molecule has 2 aromatic carbocycles. The van der Waals surface area contributed by atoms with E-state index in [0.717, 1.165) is 70.0 Å². The monoisotopic (exact) mass is 696 g/mol. The summed E-state index contributed by atoms with van der Waals surface area (Å²) >= 11 is 7.92. The normalized spacial score (nSPS) is 18.5. The van der Waals surface area contributed by atoms with E-state index >= 15 is 0 Å². The number of fused-ring (bicyclic) bond motifs is 4. The number of carbonyl (C=O) groups is 4. The van der Waals surface area contributed by atoms with Gasteiger partial charge in [0.2, 0.25) is 11.8 Å². The molecule has 1 fully saturated rings. The Balaban J connectivity index is 1.01. The molecule has 49 heavy (non-hydrogen) atoms. The van der Waals surface area contributed by atoms with Gasteiger partial charge in [0.15, 0.2) is 5.82 Å². The lowest BCUT2D eigenvalue weighted by molar-refractivity contribution is -0.137. The molecule has 0 bridgehead atoms. The van der Waals surface area contributed by atoms with Crippen LogP contribution in [0.15, 0.2) is 47.5 Å². The van der Waals surface area contributed by atoms with E-state index in [0.29, 0.717) is 35.8 Å². The SMILES string of the molecule is Cc1sc2c(c1C)C(c1ccc(Cl)cc1)=N[C@@H](CC(=O)CCCCCc1cccc3c1CN(C1CCC(=O)NC1=O)C3=O)c1nnc(C)n1-2. The third kappa shape index (κ3) is 6.25. The van der Waals surface area contributed by atoms with Crippen LogP contribution in [0.25, 0.3) is 5.00 Å². The molecule has 2 atom stereocenters. The number of thiophene rings is 1. The maximum Gasteiger partial charge on any atom is 0.255 e. The Morgan fingerprint density at radius 3 is 2.59 bits per heavy atom. The number of nitrogens with zero attached hydrogens (tertiary/aromatic N) is 5. The minimum Gasteiger partial charge on any atom is -0.322 e. The van der Waals surface area contributed by atoms with E-state index in [2.05, 4.69) is 33.9 Å². The molecule has 252 valence electrons. The molecule has 1 unspecified atom stereocenters. The van der Waals surface area contributed by atoms with Crippen molar-refractivity contribution >= 4 is 52.2 Å². The first-order valence-corrected chi connectivity index (χ1v) is 17.9. The number of hydrogen-bond acceptors (Lipinski definition) is 8. The van der Waals surface area contributed by atoms with E-state index in [1.54, 1.807) is 16.2 Å². The van der Waals surface area contributed by atoms with Crippen molar-refractivity contribution in [2.24, 2.45) is 4.99 Å². The smallest absolute Gasteiger partial charge is 0.255 e. The Morgan fingerprint density at radius 2 is 1.82 bits per heavy atom. The zero-order valence-corrected chi connectivity index (χ0v) is 29.3. The van der Waals surface area contributed by atoms with Crippen LogP contribution in [-0.4, -0.2) is 54.9 Å². The summed E-state index contributed by atoms with van der Waals surface area (Å²) in [5.41, 5.74) is 6.63. The molecule has 5 heterocycles. The van der Waals surface area contributed by atoms with Crippen LogP contribution in [0, 0.1) is 20.8 Å². The summed E-state index contributed by atoms with van der Waals surface area (Å²) in [7, 11) is 0. The fourth-order valence-electron chi connectivity index (χ4n) is 7.15. The Morgan fingerprint density at radius 1 is 1.02 bits per heavy atom. The number of nitrogens with one attached hydrogen (secondary N) is 1. The Labute approximate surface area is 293 Å². The van der Waals surface area contributed by atoms with Crippen LogP contribution in [0.1, 0.15) is 106 Å². The number of imide groups is 1. The van der Waals surface area contributed by atoms with Gasteiger partial charge >= 0.3 is 0 Å². The lowest BCUT2D eigenvalue weighted by Crippen LogP contribution is -2.52. The number of Topliss-reactive ketones (excluding diaryl/α,β-unsaturated/α-hetero) is 1. The molecule has 2 aromatic heterocycles. The number of aryl methyl sites for hydroxylation is 3. The summed E-state index contributed by atoms with van der Waals surface area (Å²) in [4.78, 5) is 58.8. The molecule has 3 aliphatic rings. The van der Waals surface area contributed by atoms with Crippen LogP contribution in [0.5, 0.6) is 0 Å². The molecule has 1 N–H and O–H groups in total. The second-order valence-corrected chi connectivity index (χ2v) is 14.7. The minimum atomic E-state index is -0.630. The molecule has 0 aliphatic carbocycles. The number of piperidine rings is 1. The third-order valence-electron chi connectivity index (χ3n) is 9.86. The van der Waals surface area contributed by atoms with Crippen molar-refractivity contribution in [2.75, 3.05) is 0 Å². The van der Waals surface area contributed by atoms with E-state index in [1.807, 2.05) is 49.4 Å². The summed E-state index contributed by atoms with van der Waals surface area (Å²) in [6.45, 7) is 6.51. The van der Waals surface area contributed by atoms with Crippen molar-refractivity contribution in [1.29, 1.82) is 0 Å². The summed E-state index contributed by atoms with van der Waals surface area (Å²) in [5, 5.41) is 12.9. The summed E-state index contributed by atoms with van der Waals surface area (Å²) < 4.78 is 2.06. The first-order valence-electron chi connectivity index (χ1n) is 16.7. The van der Waals surface area contributed by atoms with Crippen molar-refractivity contribution in [2.45, 2.75) is 90.8 Å². The summed E-state index contributed by atoms with van der Waals surface area (Å²) in [6.07, 6.45) is 4.47. The molecular weight excluding hydrogens is 660 g/mol.